The summed E-state index contributed by atoms with van der Waals surface area (Å²) in [6.07, 6.45) is 3.79. The first-order valence-electron chi connectivity index (χ1n) is 3.07. The summed E-state index contributed by atoms with van der Waals surface area (Å²) >= 11 is 3.07. The lowest BCUT2D eigenvalue weighted by Gasteiger charge is -1.90. The van der Waals surface area contributed by atoms with Gasteiger partial charge in [-0.15, -0.1) is 0 Å². The Morgan fingerprint density at radius 2 is 2.00 bits per heavy atom. The average molecular weight is 228 g/mol. The summed E-state index contributed by atoms with van der Waals surface area (Å²) in [6, 6.07) is 1.70. The van der Waals surface area contributed by atoms with E-state index in [-0.39, 0.29) is 5.57 Å². The molecule has 0 spiro atoms. The van der Waals surface area contributed by atoms with Gasteiger partial charge >= 0.3 is 0 Å². The largest absolute Gasteiger partial charge is 0.206 e. The van der Waals surface area contributed by atoms with E-state index in [2.05, 4.69) is 29.1 Å². The molecular weight excluding hydrogens is 221 g/mol. The number of allylic oxidation sites excluding steroid dienone is 6. The van der Waals surface area contributed by atoms with E-state index < -0.39 is 5.83 Å². The molecule has 0 aliphatic heterocycles. The molecule has 0 rings (SSSR count). The molecule has 12 heavy (non-hydrogen) atoms. The Morgan fingerprint density at radius 1 is 1.42 bits per heavy atom. The van der Waals surface area contributed by atoms with E-state index in [1.807, 2.05) is 0 Å². The highest BCUT2D eigenvalue weighted by Crippen LogP contribution is 2.14. The maximum Gasteiger partial charge on any atom is 0.140 e. The number of nitrogens with zero attached hydrogens (tertiary/aromatic N) is 1. The number of hydrogen-bond donors (Lipinski definition) is 0. The smallest absolute Gasteiger partial charge is 0.140 e. The van der Waals surface area contributed by atoms with Gasteiger partial charge in [-0.2, -0.15) is 5.26 Å². The summed E-state index contributed by atoms with van der Waals surface area (Å²) in [6.45, 7) is 6.65. The van der Waals surface area contributed by atoms with E-state index in [0.717, 1.165) is 6.08 Å². The van der Waals surface area contributed by atoms with Gasteiger partial charge < -0.3 is 0 Å². The van der Waals surface area contributed by atoms with E-state index in [1.54, 1.807) is 6.07 Å². The van der Waals surface area contributed by atoms with Gasteiger partial charge in [-0.3, -0.25) is 0 Å². The van der Waals surface area contributed by atoms with Crippen LogP contribution in [0.5, 0.6) is 0 Å². The maximum atomic E-state index is 12.7. The fourth-order valence-corrected chi connectivity index (χ4v) is 0.690. The van der Waals surface area contributed by atoms with Crippen molar-refractivity contribution in [3.05, 3.63) is 47.3 Å². The van der Waals surface area contributed by atoms with Crippen LogP contribution in [-0.4, -0.2) is 0 Å². The molecule has 0 saturated heterocycles. The van der Waals surface area contributed by atoms with Crippen molar-refractivity contribution in [3.8, 4) is 6.07 Å². The second kappa shape index (κ2) is 5.50. The van der Waals surface area contributed by atoms with Gasteiger partial charge in [0, 0.05) is 4.48 Å². The summed E-state index contributed by atoms with van der Waals surface area (Å²) in [5, 5.41) is 8.48. The average Bonchev–Trinajstić information content (AvgIpc) is 2.12. The third-order valence-electron chi connectivity index (χ3n) is 1.03. The van der Waals surface area contributed by atoms with Gasteiger partial charge in [0.1, 0.15) is 11.9 Å². The van der Waals surface area contributed by atoms with Crippen LogP contribution in [0.4, 0.5) is 4.39 Å². The topological polar surface area (TPSA) is 23.8 Å². The van der Waals surface area contributed by atoms with Crippen molar-refractivity contribution < 1.29 is 4.39 Å². The monoisotopic (exact) mass is 227 g/mol. The van der Waals surface area contributed by atoms with Crippen LogP contribution in [0.25, 0.3) is 0 Å². The lowest BCUT2D eigenvalue weighted by Crippen LogP contribution is -1.77. The molecule has 0 saturated carbocycles. The molecule has 1 nitrogen and oxygen atoms in total. The number of rotatable bonds is 3. The summed E-state index contributed by atoms with van der Waals surface area (Å²) in [5.41, 5.74) is -0.0724. The normalized spacial score (nSPS) is 12.9. The summed E-state index contributed by atoms with van der Waals surface area (Å²) in [5.74, 6) is -0.642. The highest BCUT2D eigenvalue weighted by molar-refractivity contribution is 9.11. The zero-order chi connectivity index (χ0) is 9.56. The Bertz CT molecular complexity index is 294. The van der Waals surface area contributed by atoms with Crippen LogP contribution < -0.4 is 0 Å². The van der Waals surface area contributed by atoms with Gasteiger partial charge in [-0.05, 0) is 12.2 Å². The second-order valence-electron chi connectivity index (χ2n) is 1.81. The van der Waals surface area contributed by atoms with Crippen LogP contribution in [0, 0.1) is 11.3 Å². The van der Waals surface area contributed by atoms with E-state index >= 15 is 0 Å². The number of nitriles is 1. The molecule has 3 heteroatoms. The van der Waals surface area contributed by atoms with Gasteiger partial charge in [0.15, 0.2) is 0 Å². The highest BCUT2D eigenvalue weighted by Gasteiger charge is 1.98. The third kappa shape index (κ3) is 3.31. The van der Waals surface area contributed by atoms with E-state index in [0.29, 0.717) is 4.48 Å². The molecule has 0 radical (unpaired) electrons. The predicted molar refractivity (Wildman–Crippen MR) is 51.2 cm³/mol. The number of hydrogen-bond acceptors (Lipinski definition) is 1. The molecule has 0 aromatic carbocycles. The first-order chi connectivity index (χ1) is 5.65. The number of halogens is 2. The van der Waals surface area contributed by atoms with Crippen LogP contribution in [0.3, 0.4) is 0 Å². The summed E-state index contributed by atoms with van der Waals surface area (Å²) in [4.78, 5) is 0. The second-order valence-corrected chi connectivity index (χ2v) is 2.73. The lowest BCUT2D eigenvalue weighted by molar-refractivity contribution is 0.662. The molecule has 0 heterocycles. The highest BCUT2D eigenvalue weighted by atomic mass is 79.9. The van der Waals surface area contributed by atoms with Crippen molar-refractivity contribution in [2.24, 2.45) is 0 Å². The standard InChI is InChI=1S/C9H7BrFN/c1-3-8(10)5-7(6-12)9(11)4-2/h3-5H,1-2H2/b8-5+,9-7-. The van der Waals surface area contributed by atoms with Crippen LogP contribution >= 0.6 is 15.9 Å². The maximum absolute atomic E-state index is 12.7. The fourth-order valence-electron chi connectivity index (χ4n) is 0.461. The molecule has 0 aliphatic carbocycles. The van der Waals surface area contributed by atoms with E-state index in [1.165, 1.54) is 12.2 Å². The van der Waals surface area contributed by atoms with Crippen molar-refractivity contribution >= 4 is 15.9 Å². The zero-order valence-electron chi connectivity index (χ0n) is 6.35. The molecule has 0 fully saturated rings. The first-order valence-corrected chi connectivity index (χ1v) is 3.87. The minimum Gasteiger partial charge on any atom is -0.206 e. The fraction of sp³-hybridized carbons (Fsp3) is 0. The molecule has 0 bridgehead atoms. The molecule has 0 aromatic rings. The Hall–Kier alpha value is -1.14. The summed E-state index contributed by atoms with van der Waals surface area (Å²) in [7, 11) is 0. The van der Waals surface area contributed by atoms with Crippen molar-refractivity contribution in [2.45, 2.75) is 0 Å². The molecule has 0 atom stereocenters. The summed E-state index contributed by atoms with van der Waals surface area (Å²) < 4.78 is 13.3. The van der Waals surface area contributed by atoms with Crippen molar-refractivity contribution in [3.63, 3.8) is 0 Å². The van der Waals surface area contributed by atoms with Gasteiger partial charge in [0.25, 0.3) is 0 Å². The van der Waals surface area contributed by atoms with Gasteiger partial charge in [-0.1, -0.05) is 35.2 Å². The molecule has 62 valence electrons. The van der Waals surface area contributed by atoms with Crippen LogP contribution in [-0.2, 0) is 0 Å². The molecule has 0 aromatic heterocycles. The van der Waals surface area contributed by atoms with E-state index in [9.17, 15) is 4.39 Å². The predicted octanol–water partition coefficient (Wildman–Crippen LogP) is 3.38. The Morgan fingerprint density at radius 3 is 2.33 bits per heavy atom. The molecule has 0 N–H and O–H groups in total. The Labute approximate surface area is 79.3 Å². The SMILES string of the molecule is C=C/C(F)=C(C#N)\C=C(\Br)C=C. The van der Waals surface area contributed by atoms with Crippen molar-refractivity contribution in [1.29, 1.82) is 5.26 Å². The Balaban J connectivity index is 4.98. The van der Waals surface area contributed by atoms with Gasteiger partial charge in [0.05, 0.1) is 5.57 Å². The van der Waals surface area contributed by atoms with Crippen LogP contribution in [0.1, 0.15) is 0 Å². The molecule has 0 amide bonds. The lowest BCUT2D eigenvalue weighted by atomic mass is 10.2. The van der Waals surface area contributed by atoms with Crippen molar-refractivity contribution in [2.75, 3.05) is 0 Å². The quantitative estimate of drug-likeness (QED) is 0.536. The minimum absolute atomic E-state index is 0.0724. The van der Waals surface area contributed by atoms with Crippen molar-refractivity contribution in [1.82, 2.24) is 0 Å². The third-order valence-corrected chi connectivity index (χ3v) is 1.59. The Kier molecular flexibility index (Phi) is 4.98. The zero-order valence-corrected chi connectivity index (χ0v) is 7.94. The van der Waals surface area contributed by atoms with Gasteiger partial charge in [-0.25, -0.2) is 4.39 Å². The first kappa shape index (κ1) is 10.9. The molecule has 0 unspecified atom stereocenters. The molecule has 0 aliphatic rings. The molecular formula is C9H7BrFN. The van der Waals surface area contributed by atoms with E-state index in [4.69, 9.17) is 5.26 Å². The van der Waals surface area contributed by atoms with Gasteiger partial charge in [0.2, 0.25) is 0 Å². The van der Waals surface area contributed by atoms with Crippen LogP contribution in [0.15, 0.2) is 47.3 Å². The minimum atomic E-state index is -0.642. The van der Waals surface area contributed by atoms with Crippen LogP contribution in [0.2, 0.25) is 0 Å².